The Morgan fingerprint density at radius 2 is 2.20 bits per heavy atom. The van der Waals surface area contributed by atoms with Crippen molar-refractivity contribution in [3.63, 3.8) is 0 Å². The third-order valence-electron chi connectivity index (χ3n) is 0.756. The lowest BCUT2D eigenvalue weighted by molar-refractivity contribution is 0.0607. The number of hydrogen-bond donors (Lipinski definition) is 0. The molecule has 0 amide bonds. The Morgan fingerprint density at radius 3 is 2.60 bits per heavy atom. The van der Waals surface area contributed by atoms with E-state index in [9.17, 15) is 4.79 Å². The maximum atomic E-state index is 10.6. The van der Waals surface area contributed by atoms with E-state index in [0.717, 1.165) is 6.42 Å². The molecule has 0 N–H and O–H groups in total. The van der Waals surface area contributed by atoms with Crippen LogP contribution in [0.4, 0.5) is 4.79 Å². The molecule has 0 aliphatic rings. The van der Waals surface area contributed by atoms with Gasteiger partial charge in [-0.2, -0.15) is 0 Å². The van der Waals surface area contributed by atoms with Crippen molar-refractivity contribution in [3.05, 3.63) is 0 Å². The second kappa shape index (κ2) is 5.21. The Morgan fingerprint density at radius 1 is 1.60 bits per heavy atom. The van der Waals surface area contributed by atoms with E-state index in [2.05, 4.69) is 4.74 Å². The molecule has 10 heavy (non-hydrogen) atoms. The van der Waals surface area contributed by atoms with E-state index in [0.29, 0.717) is 6.61 Å². The molecule has 0 radical (unpaired) electrons. The van der Waals surface area contributed by atoms with Crippen LogP contribution in [-0.2, 0) is 9.47 Å². The Labute approximate surface area is 62.9 Å². The first-order valence-electron chi connectivity index (χ1n) is 3.50. The van der Waals surface area contributed by atoms with Crippen LogP contribution in [0.3, 0.4) is 0 Å². The molecule has 0 fully saturated rings. The first kappa shape index (κ1) is 9.40. The van der Waals surface area contributed by atoms with E-state index in [-0.39, 0.29) is 5.90 Å². The van der Waals surface area contributed by atoms with Gasteiger partial charge in [-0.1, -0.05) is 6.92 Å². The van der Waals surface area contributed by atoms with Gasteiger partial charge in [0, 0.05) is 5.90 Å². The van der Waals surface area contributed by atoms with Crippen molar-refractivity contribution in [2.75, 3.05) is 6.61 Å². The standard InChI is InChI=1S/C5H12B2O3/c1-2-3-9-5(8)10-4(6)7/h4H,2-3,6-7H2,1H3. The van der Waals surface area contributed by atoms with Crippen LogP contribution in [-0.4, -0.2) is 34.4 Å². The van der Waals surface area contributed by atoms with Gasteiger partial charge in [-0.15, -0.1) is 0 Å². The van der Waals surface area contributed by atoms with E-state index >= 15 is 0 Å². The molecular weight excluding hydrogens is 130 g/mol. The lowest BCUT2D eigenvalue weighted by Crippen LogP contribution is -2.19. The van der Waals surface area contributed by atoms with Crippen molar-refractivity contribution in [2.24, 2.45) is 0 Å². The minimum Gasteiger partial charge on any atom is -0.450 e. The van der Waals surface area contributed by atoms with Gasteiger partial charge in [0.1, 0.15) is 15.7 Å². The van der Waals surface area contributed by atoms with Crippen LogP contribution in [0.2, 0.25) is 0 Å². The minimum absolute atomic E-state index is 0.0932. The van der Waals surface area contributed by atoms with Crippen molar-refractivity contribution < 1.29 is 14.3 Å². The number of carbonyl (C=O) groups excluding carboxylic acids is 1. The molecule has 0 rings (SSSR count). The second-order valence-corrected chi connectivity index (χ2v) is 2.27. The van der Waals surface area contributed by atoms with Gasteiger partial charge in [0.15, 0.2) is 0 Å². The average Bonchev–Trinajstić information content (AvgIpc) is 1.82. The van der Waals surface area contributed by atoms with Gasteiger partial charge in [0.05, 0.1) is 6.61 Å². The van der Waals surface area contributed by atoms with Gasteiger partial charge >= 0.3 is 6.16 Å². The number of rotatable bonds is 3. The summed E-state index contributed by atoms with van der Waals surface area (Å²) in [5.41, 5.74) is 0. The number of carbonyl (C=O) groups is 1. The minimum atomic E-state index is -0.572. The summed E-state index contributed by atoms with van der Waals surface area (Å²) in [5.74, 6) is -0.0932. The van der Waals surface area contributed by atoms with Crippen LogP contribution in [0.15, 0.2) is 0 Å². The third kappa shape index (κ3) is 5.54. The Hall–Kier alpha value is -0.600. The molecule has 0 bridgehead atoms. The SMILES string of the molecule is BC(B)OC(=O)OCCC. The molecule has 0 unspecified atom stereocenters. The monoisotopic (exact) mass is 142 g/mol. The molecule has 0 spiro atoms. The molecule has 0 atom stereocenters. The molecule has 0 aliphatic carbocycles. The van der Waals surface area contributed by atoms with Crippen LogP contribution in [0, 0.1) is 0 Å². The largest absolute Gasteiger partial charge is 0.507 e. The summed E-state index contributed by atoms with van der Waals surface area (Å²) in [4.78, 5) is 10.6. The van der Waals surface area contributed by atoms with Crippen molar-refractivity contribution in [1.29, 1.82) is 0 Å². The predicted molar refractivity (Wildman–Crippen MR) is 43.6 cm³/mol. The van der Waals surface area contributed by atoms with Gasteiger partial charge < -0.3 is 9.47 Å². The summed E-state index contributed by atoms with van der Waals surface area (Å²) >= 11 is 0. The van der Waals surface area contributed by atoms with E-state index in [4.69, 9.17) is 4.74 Å². The molecule has 0 aromatic heterocycles. The third-order valence-corrected chi connectivity index (χ3v) is 0.756. The summed E-state index contributed by atoms with van der Waals surface area (Å²) in [5, 5.41) is 0. The molecule has 0 aromatic rings. The molecule has 5 heteroatoms. The topological polar surface area (TPSA) is 35.5 Å². The fourth-order valence-corrected chi connectivity index (χ4v) is 0.412. The highest BCUT2D eigenvalue weighted by Gasteiger charge is 2.04. The predicted octanol–water partition coefficient (Wildman–Crippen LogP) is -0.901. The van der Waals surface area contributed by atoms with Crippen molar-refractivity contribution in [1.82, 2.24) is 0 Å². The fraction of sp³-hybridized carbons (Fsp3) is 0.800. The van der Waals surface area contributed by atoms with Crippen molar-refractivity contribution >= 4 is 21.8 Å². The zero-order valence-corrected chi connectivity index (χ0v) is 6.72. The molecule has 0 aromatic carbocycles. The van der Waals surface area contributed by atoms with Crippen LogP contribution < -0.4 is 0 Å². The van der Waals surface area contributed by atoms with Crippen LogP contribution in [0.25, 0.3) is 0 Å². The van der Waals surface area contributed by atoms with E-state index < -0.39 is 6.16 Å². The zero-order valence-electron chi connectivity index (χ0n) is 6.72. The summed E-state index contributed by atoms with van der Waals surface area (Å²) < 4.78 is 9.33. The van der Waals surface area contributed by atoms with E-state index in [1.807, 2.05) is 6.92 Å². The van der Waals surface area contributed by atoms with E-state index in [1.54, 1.807) is 15.7 Å². The Balaban J connectivity index is 3.26. The van der Waals surface area contributed by atoms with Crippen LogP contribution >= 0.6 is 0 Å². The van der Waals surface area contributed by atoms with Gasteiger partial charge in [-0.25, -0.2) is 4.79 Å². The smallest absolute Gasteiger partial charge is 0.450 e. The van der Waals surface area contributed by atoms with Gasteiger partial charge in [-0.3, -0.25) is 0 Å². The molecular formula is C5H12B2O3. The van der Waals surface area contributed by atoms with Gasteiger partial charge in [0.25, 0.3) is 0 Å². The van der Waals surface area contributed by atoms with Crippen LogP contribution in [0.1, 0.15) is 13.3 Å². The summed E-state index contributed by atoms with van der Waals surface area (Å²) in [6, 6.07) is 0. The normalized spacial score (nSPS) is 9.40. The highest BCUT2D eigenvalue weighted by molar-refractivity contribution is 6.35. The molecule has 56 valence electrons. The Kier molecular flexibility index (Phi) is 4.89. The highest BCUT2D eigenvalue weighted by Crippen LogP contribution is 1.88. The zero-order chi connectivity index (χ0) is 7.98. The first-order chi connectivity index (χ1) is 4.66. The summed E-state index contributed by atoms with van der Waals surface area (Å²) in [6.45, 7) is 2.37. The van der Waals surface area contributed by atoms with E-state index in [1.165, 1.54) is 0 Å². The quantitative estimate of drug-likeness (QED) is 0.378. The first-order valence-corrected chi connectivity index (χ1v) is 3.50. The number of hydrogen-bond acceptors (Lipinski definition) is 3. The van der Waals surface area contributed by atoms with Gasteiger partial charge in [0.2, 0.25) is 0 Å². The fourth-order valence-electron chi connectivity index (χ4n) is 0.412. The summed E-state index contributed by atoms with van der Waals surface area (Å²) in [7, 11) is 3.57. The lowest BCUT2D eigenvalue weighted by atomic mass is 9.82. The van der Waals surface area contributed by atoms with Crippen molar-refractivity contribution in [2.45, 2.75) is 19.2 Å². The second-order valence-electron chi connectivity index (χ2n) is 2.27. The van der Waals surface area contributed by atoms with Gasteiger partial charge in [-0.05, 0) is 6.42 Å². The maximum Gasteiger partial charge on any atom is 0.507 e. The number of ether oxygens (including phenoxy) is 2. The Bertz CT molecular complexity index is 105. The molecule has 3 nitrogen and oxygen atoms in total. The average molecular weight is 142 g/mol. The highest BCUT2D eigenvalue weighted by atomic mass is 16.7. The summed E-state index contributed by atoms with van der Waals surface area (Å²) in [6.07, 6.45) is 0.254. The molecule has 0 heterocycles. The maximum absolute atomic E-state index is 10.6. The molecule has 0 aliphatic heterocycles. The molecule has 0 saturated carbocycles. The van der Waals surface area contributed by atoms with Crippen LogP contribution in [0.5, 0.6) is 0 Å². The lowest BCUT2D eigenvalue weighted by Gasteiger charge is -2.07. The molecule has 0 saturated heterocycles. The van der Waals surface area contributed by atoms with Crippen molar-refractivity contribution in [3.8, 4) is 0 Å².